The molecule has 8 heteroatoms. The van der Waals surface area contributed by atoms with Gasteiger partial charge in [0.1, 0.15) is 4.90 Å². The third-order valence-electron chi connectivity index (χ3n) is 3.56. The molecule has 0 amide bonds. The summed E-state index contributed by atoms with van der Waals surface area (Å²) >= 11 is 0. The summed E-state index contributed by atoms with van der Waals surface area (Å²) < 4.78 is 30.5. The number of nitrogens with zero attached hydrogens (tertiary/aromatic N) is 4. The van der Waals surface area contributed by atoms with Gasteiger partial charge in [-0.3, -0.25) is 14.1 Å². The third kappa shape index (κ3) is 3.65. The maximum absolute atomic E-state index is 12.3. The number of sulfonamides is 1. The summed E-state index contributed by atoms with van der Waals surface area (Å²) in [5.74, 6) is 0. The normalized spacial score (nSPS) is 11.6. The van der Waals surface area contributed by atoms with E-state index in [-0.39, 0.29) is 4.90 Å². The Morgan fingerprint density at radius 1 is 1.12 bits per heavy atom. The van der Waals surface area contributed by atoms with Gasteiger partial charge < -0.3 is 0 Å². The molecule has 0 saturated heterocycles. The second kappa shape index (κ2) is 6.48. The summed E-state index contributed by atoms with van der Waals surface area (Å²) in [6.45, 7) is 5.12. The van der Waals surface area contributed by atoms with Crippen molar-refractivity contribution in [1.29, 1.82) is 0 Å². The summed E-state index contributed by atoms with van der Waals surface area (Å²) in [7, 11) is -3.66. The summed E-state index contributed by atoms with van der Waals surface area (Å²) in [6.07, 6.45) is 6.00. The number of benzene rings is 1. The van der Waals surface area contributed by atoms with Crippen molar-refractivity contribution in [3.05, 3.63) is 60.2 Å². The highest BCUT2D eigenvalue weighted by Crippen LogP contribution is 2.15. The molecule has 0 aliphatic heterocycles. The molecular formula is C16H19N5O2S. The number of nitrogens with one attached hydrogen (secondary N) is 1. The van der Waals surface area contributed by atoms with Crippen molar-refractivity contribution in [2.24, 2.45) is 0 Å². The standard InChI is InChI=1S/C16H19N5O2S/c1-3-20-12-16(9-18-20)24(22,23)19-15-8-17-21(11-15)10-14-6-4-5-13(2)7-14/h4-9,11-12,19H,3,10H2,1-2H3. The van der Waals surface area contributed by atoms with Crippen LogP contribution in [0.15, 0.2) is 53.9 Å². The van der Waals surface area contributed by atoms with Crippen LogP contribution in [0.4, 0.5) is 5.69 Å². The van der Waals surface area contributed by atoms with Crippen molar-refractivity contribution in [3.8, 4) is 0 Å². The minimum Gasteiger partial charge on any atom is -0.276 e. The summed E-state index contributed by atoms with van der Waals surface area (Å²) in [5, 5.41) is 8.20. The molecule has 0 unspecified atom stereocenters. The van der Waals surface area contributed by atoms with E-state index in [2.05, 4.69) is 21.0 Å². The Balaban J connectivity index is 1.73. The van der Waals surface area contributed by atoms with Gasteiger partial charge in [0.05, 0.1) is 24.6 Å². The van der Waals surface area contributed by atoms with E-state index in [0.717, 1.165) is 5.56 Å². The molecule has 2 aromatic heterocycles. The van der Waals surface area contributed by atoms with Gasteiger partial charge in [0.25, 0.3) is 10.0 Å². The number of rotatable bonds is 6. The predicted octanol–water partition coefficient (Wildman–Crippen LogP) is 2.26. The van der Waals surface area contributed by atoms with Crippen molar-refractivity contribution in [3.63, 3.8) is 0 Å². The Morgan fingerprint density at radius 3 is 2.62 bits per heavy atom. The second-order valence-corrected chi connectivity index (χ2v) is 7.24. The molecule has 0 bridgehead atoms. The number of anilines is 1. The maximum Gasteiger partial charge on any atom is 0.265 e. The van der Waals surface area contributed by atoms with Crippen molar-refractivity contribution < 1.29 is 8.42 Å². The quantitative estimate of drug-likeness (QED) is 0.743. The molecule has 0 fully saturated rings. The highest BCUT2D eigenvalue weighted by molar-refractivity contribution is 7.92. The molecule has 24 heavy (non-hydrogen) atoms. The van der Waals surface area contributed by atoms with Gasteiger partial charge in [-0.25, -0.2) is 8.42 Å². The van der Waals surface area contributed by atoms with E-state index in [1.165, 1.54) is 24.2 Å². The molecule has 0 aliphatic carbocycles. The van der Waals surface area contributed by atoms with Crippen LogP contribution < -0.4 is 4.72 Å². The lowest BCUT2D eigenvalue weighted by atomic mass is 10.1. The van der Waals surface area contributed by atoms with Crippen molar-refractivity contribution in [1.82, 2.24) is 19.6 Å². The molecular weight excluding hydrogens is 326 g/mol. The van der Waals surface area contributed by atoms with Crippen LogP contribution in [-0.2, 0) is 23.1 Å². The van der Waals surface area contributed by atoms with Crippen LogP contribution in [-0.4, -0.2) is 28.0 Å². The van der Waals surface area contributed by atoms with Gasteiger partial charge in [-0.15, -0.1) is 0 Å². The van der Waals surface area contributed by atoms with Gasteiger partial charge in [-0.2, -0.15) is 10.2 Å². The molecule has 1 aromatic carbocycles. The molecule has 3 aromatic rings. The minimum atomic E-state index is -3.66. The van der Waals surface area contributed by atoms with Gasteiger partial charge >= 0.3 is 0 Å². The SMILES string of the molecule is CCn1cc(S(=O)(=O)Nc2cnn(Cc3cccc(C)c3)c2)cn1. The molecule has 0 saturated carbocycles. The van der Waals surface area contributed by atoms with E-state index in [4.69, 9.17) is 0 Å². The number of aryl methyl sites for hydroxylation is 2. The summed E-state index contributed by atoms with van der Waals surface area (Å²) in [5.41, 5.74) is 2.71. The maximum atomic E-state index is 12.3. The molecule has 126 valence electrons. The van der Waals surface area contributed by atoms with Gasteiger partial charge in [0.15, 0.2) is 0 Å². The average Bonchev–Trinajstić information content (AvgIpc) is 3.16. The van der Waals surface area contributed by atoms with E-state index in [0.29, 0.717) is 18.8 Å². The van der Waals surface area contributed by atoms with Gasteiger partial charge in [0, 0.05) is 18.9 Å². The molecule has 0 spiro atoms. The topological polar surface area (TPSA) is 81.8 Å². The molecule has 7 nitrogen and oxygen atoms in total. The summed E-state index contributed by atoms with van der Waals surface area (Å²) in [4.78, 5) is 0.135. The van der Waals surface area contributed by atoms with Crippen LogP contribution in [0.25, 0.3) is 0 Å². The fourth-order valence-electron chi connectivity index (χ4n) is 2.37. The lowest BCUT2D eigenvalue weighted by Gasteiger charge is -2.04. The van der Waals surface area contributed by atoms with Crippen LogP contribution in [0.1, 0.15) is 18.1 Å². The smallest absolute Gasteiger partial charge is 0.265 e. The molecule has 0 atom stereocenters. The number of hydrogen-bond acceptors (Lipinski definition) is 4. The fraction of sp³-hybridized carbons (Fsp3) is 0.250. The highest BCUT2D eigenvalue weighted by Gasteiger charge is 2.17. The van der Waals surface area contributed by atoms with Crippen LogP contribution in [0.2, 0.25) is 0 Å². The zero-order chi connectivity index (χ0) is 17.2. The van der Waals surface area contributed by atoms with Crippen molar-refractivity contribution >= 4 is 15.7 Å². The largest absolute Gasteiger partial charge is 0.276 e. The first-order chi connectivity index (χ1) is 11.5. The zero-order valence-electron chi connectivity index (χ0n) is 13.5. The van der Waals surface area contributed by atoms with Crippen LogP contribution in [0, 0.1) is 6.92 Å². The van der Waals surface area contributed by atoms with E-state index < -0.39 is 10.0 Å². The first kappa shape index (κ1) is 16.3. The molecule has 3 rings (SSSR count). The van der Waals surface area contributed by atoms with Gasteiger partial charge in [-0.05, 0) is 19.4 Å². The Bertz CT molecular complexity index is 943. The first-order valence-corrected chi connectivity index (χ1v) is 9.08. The molecule has 0 aliphatic rings. The lowest BCUT2D eigenvalue weighted by molar-refractivity contribution is 0.600. The molecule has 0 radical (unpaired) electrons. The van der Waals surface area contributed by atoms with Crippen LogP contribution >= 0.6 is 0 Å². The van der Waals surface area contributed by atoms with E-state index in [1.54, 1.807) is 15.6 Å². The third-order valence-corrected chi connectivity index (χ3v) is 4.89. The van der Waals surface area contributed by atoms with E-state index in [1.807, 2.05) is 32.0 Å². The van der Waals surface area contributed by atoms with Crippen LogP contribution in [0.5, 0.6) is 0 Å². The van der Waals surface area contributed by atoms with E-state index in [9.17, 15) is 8.42 Å². The molecule has 1 N–H and O–H groups in total. The van der Waals surface area contributed by atoms with E-state index >= 15 is 0 Å². The monoisotopic (exact) mass is 345 g/mol. The van der Waals surface area contributed by atoms with Crippen LogP contribution in [0.3, 0.4) is 0 Å². The highest BCUT2D eigenvalue weighted by atomic mass is 32.2. The number of aromatic nitrogens is 4. The van der Waals surface area contributed by atoms with Crippen molar-refractivity contribution in [2.75, 3.05) is 4.72 Å². The van der Waals surface area contributed by atoms with Gasteiger partial charge in [0.2, 0.25) is 0 Å². The Kier molecular flexibility index (Phi) is 4.39. The zero-order valence-corrected chi connectivity index (χ0v) is 14.4. The van der Waals surface area contributed by atoms with Crippen molar-refractivity contribution in [2.45, 2.75) is 31.8 Å². The minimum absolute atomic E-state index is 0.135. The average molecular weight is 345 g/mol. The van der Waals surface area contributed by atoms with Gasteiger partial charge in [-0.1, -0.05) is 29.8 Å². The number of hydrogen-bond donors (Lipinski definition) is 1. The summed E-state index contributed by atoms with van der Waals surface area (Å²) in [6, 6.07) is 8.11. The predicted molar refractivity (Wildman–Crippen MR) is 91.2 cm³/mol. The fourth-order valence-corrected chi connectivity index (χ4v) is 3.35. The Hall–Kier alpha value is -2.61. The molecule has 2 heterocycles. The lowest BCUT2D eigenvalue weighted by Crippen LogP contribution is -2.12. The first-order valence-electron chi connectivity index (χ1n) is 7.59. The Morgan fingerprint density at radius 2 is 1.92 bits per heavy atom. The second-order valence-electron chi connectivity index (χ2n) is 5.55. The Labute approximate surface area is 141 Å².